The Balaban J connectivity index is 1.82. The molecule has 3 heteroatoms. The third kappa shape index (κ3) is 5.56. The Labute approximate surface area is 174 Å². The van der Waals surface area contributed by atoms with Gasteiger partial charge in [0.2, 0.25) is 0 Å². The van der Waals surface area contributed by atoms with Gasteiger partial charge >= 0.3 is 5.97 Å². The maximum atomic E-state index is 13.3. The monoisotopic (exact) mass is 392 g/mol. The maximum Gasteiger partial charge on any atom is 0.317 e. The number of Topliss-reactive ketones (excluding diaryl/α,β-unsaturated/α-hetero) is 1. The molecular formula is C26H32O3. The van der Waals surface area contributed by atoms with E-state index in [2.05, 4.69) is 20.8 Å². The van der Waals surface area contributed by atoms with Gasteiger partial charge in [-0.05, 0) is 42.6 Å². The van der Waals surface area contributed by atoms with Gasteiger partial charge in [-0.1, -0.05) is 87.9 Å². The van der Waals surface area contributed by atoms with Crippen molar-refractivity contribution in [3.63, 3.8) is 0 Å². The number of carbonyl (C=O) groups is 2. The Kier molecular flexibility index (Phi) is 7.24. The minimum absolute atomic E-state index is 0.104. The molecule has 1 aliphatic carbocycles. The van der Waals surface area contributed by atoms with E-state index < -0.39 is 5.92 Å². The zero-order valence-electron chi connectivity index (χ0n) is 17.7. The second kappa shape index (κ2) is 9.87. The van der Waals surface area contributed by atoms with Crippen molar-refractivity contribution >= 4 is 11.8 Å². The number of hydrogen-bond acceptors (Lipinski definition) is 3. The van der Waals surface area contributed by atoms with Gasteiger partial charge in [0.25, 0.3) is 0 Å². The molecule has 1 saturated carbocycles. The van der Waals surface area contributed by atoms with Gasteiger partial charge in [0, 0.05) is 5.56 Å². The second-order valence-corrected chi connectivity index (χ2v) is 8.77. The number of esters is 1. The lowest BCUT2D eigenvalue weighted by atomic mass is 9.75. The average molecular weight is 393 g/mol. The summed E-state index contributed by atoms with van der Waals surface area (Å²) in [7, 11) is 0. The molecule has 0 unspecified atom stereocenters. The summed E-state index contributed by atoms with van der Waals surface area (Å²) in [6.07, 6.45) is 3.39. The maximum absolute atomic E-state index is 13.3. The van der Waals surface area contributed by atoms with Crippen LogP contribution in [0, 0.1) is 23.7 Å². The second-order valence-electron chi connectivity index (χ2n) is 8.77. The van der Waals surface area contributed by atoms with E-state index in [1.165, 1.54) is 6.42 Å². The third-order valence-electron chi connectivity index (χ3n) is 6.17. The summed E-state index contributed by atoms with van der Waals surface area (Å²) in [5.41, 5.74) is 1.53. The molecule has 0 aromatic heterocycles. The summed E-state index contributed by atoms with van der Waals surface area (Å²) in [6.45, 7) is 6.60. The summed E-state index contributed by atoms with van der Waals surface area (Å²) in [6, 6.07) is 18.8. The number of carbonyl (C=O) groups excluding carboxylic acids is 2. The molecule has 0 N–H and O–H groups in total. The van der Waals surface area contributed by atoms with Crippen molar-refractivity contribution in [3.05, 3.63) is 71.8 Å². The molecule has 0 heterocycles. The lowest BCUT2D eigenvalue weighted by Crippen LogP contribution is -2.39. The predicted octanol–water partition coefficient (Wildman–Crippen LogP) is 5.73. The van der Waals surface area contributed by atoms with Gasteiger partial charge in [-0.3, -0.25) is 9.59 Å². The summed E-state index contributed by atoms with van der Waals surface area (Å²) >= 11 is 0. The summed E-state index contributed by atoms with van der Waals surface area (Å²) in [5, 5.41) is 0. The van der Waals surface area contributed by atoms with Crippen LogP contribution in [-0.2, 0) is 16.0 Å². The number of ether oxygens (including phenoxy) is 1. The van der Waals surface area contributed by atoms with Crippen LogP contribution in [0.15, 0.2) is 60.7 Å². The zero-order chi connectivity index (χ0) is 20.8. The molecule has 1 aliphatic rings. The molecule has 0 saturated heterocycles. The van der Waals surface area contributed by atoms with Crippen molar-refractivity contribution in [2.24, 2.45) is 23.7 Å². The SMILES string of the molecule is CC(C)[C@@H]1CC[C@H](C)C[C@H]1OC(=O)[C@@H](Cc1ccccc1)C(=O)c1ccccc1. The molecule has 0 bridgehead atoms. The fourth-order valence-corrected chi connectivity index (χ4v) is 4.42. The Morgan fingerprint density at radius 2 is 1.59 bits per heavy atom. The van der Waals surface area contributed by atoms with Gasteiger partial charge in [0.05, 0.1) is 0 Å². The van der Waals surface area contributed by atoms with E-state index in [9.17, 15) is 9.59 Å². The standard InChI is InChI=1S/C26H32O3/c1-18(2)22-15-14-19(3)16-24(22)29-26(28)23(17-20-10-6-4-7-11-20)25(27)21-12-8-5-9-13-21/h4-13,18-19,22-24H,14-17H2,1-3H3/t19-,22-,23-,24+/m0/s1. The highest BCUT2D eigenvalue weighted by molar-refractivity contribution is 6.08. The quantitative estimate of drug-likeness (QED) is 0.343. The molecule has 0 aliphatic heterocycles. The zero-order valence-corrected chi connectivity index (χ0v) is 17.7. The molecule has 29 heavy (non-hydrogen) atoms. The van der Waals surface area contributed by atoms with Crippen LogP contribution in [0.3, 0.4) is 0 Å². The molecule has 154 valence electrons. The number of ketones is 1. The summed E-state index contributed by atoms with van der Waals surface area (Å²) in [5.74, 6) is -0.000965. The molecular weight excluding hydrogens is 360 g/mol. The Morgan fingerprint density at radius 1 is 0.966 bits per heavy atom. The molecule has 3 nitrogen and oxygen atoms in total. The summed E-state index contributed by atoms with van der Waals surface area (Å²) in [4.78, 5) is 26.5. The largest absolute Gasteiger partial charge is 0.461 e. The van der Waals surface area contributed by atoms with Crippen LogP contribution < -0.4 is 0 Å². The highest BCUT2D eigenvalue weighted by Crippen LogP contribution is 2.36. The van der Waals surface area contributed by atoms with Crippen molar-refractivity contribution in [3.8, 4) is 0 Å². The first-order valence-corrected chi connectivity index (χ1v) is 10.8. The van der Waals surface area contributed by atoms with E-state index in [0.29, 0.717) is 29.7 Å². The van der Waals surface area contributed by atoms with E-state index in [1.807, 2.05) is 48.5 Å². The van der Waals surface area contributed by atoms with Crippen LogP contribution in [0.5, 0.6) is 0 Å². The third-order valence-corrected chi connectivity index (χ3v) is 6.17. The molecule has 0 radical (unpaired) electrons. The van der Waals surface area contributed by atoms with E-state index >= 15 is 0 Å². The molecule has 2 aromatic rings. The van der Waals surface area contributed by atoms with Gasteiger partial charge in [0.1, 0.15) is 12.0 Å². The van der Waals surface area contributed by atoms with Crippen LogP contribution in [0.4, 0.5) is 0 Å². The lowest BCUT2D eigenvalue weighted by Gasteiger charge is -2.37. The lowest BCUT2D eigenvalue weighted by molar-refractivity contribution is -0.159. The minimum Gasteiger partial charge on any atom is -0.461 e. The number of benzene rings is 2. The fourth-order valence-electron chi connectivity index (χ4n) is 4.42. The van der Waals surface area contributed by atoms with Crippen molar-refractivity contribution in [1.82, 2.24) is 0 Å². The van der Waals surface area contributed by atoms with Crippen LogP contribution in [0.1, 0.15) is 56.0 Å². The first-order valence-electron chi connectivity index (χ1n) is 10.8. The van der Waals surface area contributed by atoms with Gasteiger partial charge < -0.3 is 4.74 Å². The fraction of sp³-hybridized carbons (Fsp3) is 0.462. The van der Waals surface area contributed by atoms with E-state index in [-0.39, 0.29) is 17.9 Å². The highest BCUT2D eigenvalue weighted by atomic mass is 16.5. The van der Waals surface area contributed by atoms with Crippen LogP contribution in [0.2, 0.25) is 0 Å². The van der Waals surface area contributed by atoms with E-state index in [4.69, 9.17) is 4.74 Å². The van der Waals surface area contributed by atoms with E-state index in [0.717, 1.165) is 18.4 Å². The first-order chi connectivity index (χ1) is 14.0. The Morgan fingerprint density at radius 3 is 2.21 bits per heavy atom. The van der Waals surface area contributed by atoms with Gasteiger partial charge in [-0.2, -0.15) is 0 Å². The minimum atomic E-state index is -0.815. The molecule has 0 spiro atoms. The predicted molar refractivity (Wildman–Crippen MR) is 116 cm³/mol. The van der Waals surface area contributed by atoms with Crippen LogP contribution >= 0.6 is 0 Å². The van der Waals surface area contributed by atoms with Crippen molar-refractivity contribution in [2.75, 3.05) is 0 Å². The van der Waals surface area contributed by atoms with Gasteiger partial charge in [-0.15, -0.1) is 0 Å². The smallest absolute Gasteiger partial charge is 0.317 e. The molecule has 2 aromatic carbocycles. The average Bonchev–Trinajstić information content (AvgIpc) is 2.72. The van der Waals surface area contributed by atoms with E-state index in [1.54, 1.807) is 12.1 Å². The molecule has 3 rings (SSSR count). The molecule has 4 atom stereocenters. The summed E-state index contributed by atoms with van der Waals surface area (Å²) < 4.78 is 6.05. The van der Waals surface area contributed by atoms with Crippen LogP contribution in [-0.4, -0.2) is 17.9 Å². The topological polar surface area (TPSA) is 43.4 Å². The Bertz CT molecular complexity index is 797. The van der Waals surface area contributed by atoms with Crippen molar-refractivity contribution in [2.45, 2.75) is 52.6 Å². The number of hydrogen-bond donors (Lipinski definition) is 0. The number of rotatable bonds is 7. The van der Waals surface area contributed by atoms with Gasteiger partial charge in [-0.25, -0.2) is 0 Å². The normalized spacial score (nSPS) is 22.8. The molecule has 1 fully saturated rings. The van der Waals surface area contributed by atoms with Crippen molar-refractivity contribution < 1.29 is 14.3 Å². The highest BCUT2D eigenvalue weighted by Gasteiger charge is 2.37. The van der Waals surface area contributed by atoms with Crippen LogP contribution in [0.25, 0.3) is 0 Å². The Hall–Kier alpha value is -2.42. The van der Waals surface area contributed by atoms with Gasteiger partial charge in [0.15, 0.2) is 5.78 Å². The first kappa shape index (κ1) is 21.3. The van der Waals surface area contributed by atoms with Crippen molar-refractivity contribution in [1.29, 1.82) is 0 Å². The molecule has 0 amide bonds.